The molecule has 1 aromatic rings. The highest BCUT2D eigenvalue weighted by Gasteiger charge is 2.37. The predicted octanol–water partition coefficient (Wildman–Crippen LogP) is 3.82. The summed E-state index contributed by atoms with van der Waals surface area (Å²) in [7, 11) is 0. The predicted molar refractivity (Wildman–Crippen MR) is 82.0 cm³/mol. The maximum Gasteiger partial charge on any atom is 0.0844 e. The van der Waals surface area contributed by atoms with Gasteiger partial charge in [0.05, 0.1) is 11.6 Å². The normalized spacial score (nSPS) is 14.2. The minimum absolute atomic E-state index is 0.321. The van der Waals surface area contributed by atoms with Crippen molar-refractivity contribution < 1.29 is 5.11 Å². The van der Waals surface area contributed by atoms with Crippen LogP contribution in [-0.4, -0.2) is 10.7 Å². The Labute approximate surface area is 118 Å². The lowest BCUT2D eigenvalue weighted by Gasteiger charge is -2.37. The maximum atomic E-state index is 11.1. The first-order valence-electron chi connectivity index (χ1n) is 7.29. The first-order valence-corrected chi connectivity index (χ1v) is 7.29. The van der Waals surface area contributed by atoms with Crippen molar-refractivity contribution in [3.63, 3.8) is 0 Å². The molecule has 108 valence electrons. The molecule has 0 radical (unpaired) electrons. The van der Waals surface area contributed by atoms with Gasteiger partial charge in [0.25, 0.3) is 0 Å². The molecule has 19 heavy (non-hydrogen) atoms. The minimum Gasteiger partial charge on any atom is -0.388 e. The quantitative estimate of drug-likeness (QED) is 0.819. The first kappa shape index (κ1) is 16.2. The fourth-order valence-corrected chi connectivity index (χ4v) is 2.98. The van der Waals surface area contributed by atoms with E-state index in [1.165, 1.54) is 0 Å². The lowest BCUT2D eigenvalue weighted by molar-refractivity contribution is -0.0239. The molecule has 3 N–H and O–H groups in total. The third kappa shape index (κ3) is 4.32. The van der Waals surface area contributed by atoms with Gasteiger partial charge in [-0.2, -0.15) is 0 Å². The maximum absolute atomic E-state index is 11.1. The Morgan fingerprint density at radius 1 is 1.05 bits per heavy atom. The van der Waals surface area contributed by atoms with Gasteiger partial charge < -0.3 is 10.8 Å². The van der Waals surface area contributed by atoms with E-state index in [0.29, 0.717) is 11.8 Å². The van der Waals surface area contributed by atoms with Crippen molar-refractivity contribution in [1.82, 2.24) is 0 Å². The van der Waals surface area contributed by atoms with E-state index in [-0.39, 0.29) is 6.04 Å². The molecule has 1 aromatic carbocycles. The van der Waals surface area contributed by atoms with Crippen LogP contribution in [-0.2, 0) is 0 Å². The molecule has 1 atom stereocenters. The highest BCUT2D eigenvalue weighted by Crippen LogP contribution is 2.36. The summed E-state index contributed by atoms with van der Waals surface area (Å²) in [5, 5.41) is 11.1. The van der Waals surface area contributed by atoms with Gasteiger partial charge in [-0.1, -0.05) is 52.0 Å². The average molecular weight is 263 g/mol. The molecule has 0 saturated heterocycles. The van der Waals surface area contributed by atoms with Gasteiger partial charge in [-0.15, -0.1) is 0 Å². The van der Waals surface area contributed by atoms with Crippen LogP contribution in [0.2, 0.25) is 0 Å². The molecule has 0 fully saturated rings. The minimum atomic E-state index is -0.825. The Hall–Kier alpha value is -0.860. The van der Waals surface area contributed by atoms with E-state index in [1.54, 1.807) is 0 Å². The standard InChI is InChI=1S/C17H29NO/c1-12(2)10-17(19,11-13(3)4)16(18)15-9-7-6-8-14(15)5/h6-9,12-13,16,19H,10-11,18H2,1-5H3/t16-/m1/s1. The summed E-state index contributed by atoms with van der Waals surface area (Å²) < 4.78 is 0. The molecule has 0 aliphatic carbocycles. The molecule has 0 amide bonds. The largest absolute Gasteiger partial charge is 0.388 e. The van der Waals surface area contributed by atoms with Crippen LogP contribution < -0.4 is 5.73 Å². The second-order valence-electron chi connectivity index (χ2n) is 6.63. The lowest BCUT2D eigenvalue weighted by Crippen LogP contribution is -2.43. The van der Waals surface area contributed by atoms with Gasteiger partial charge >= 0.3 is 0 Å². The highest BCUT2D eigenvalue weighted by atomic mass is 16.3. The van der Waals surface area contributed by atoms with E-state index in [1.807, 2.05) is 18.2 Å². The van der Waals surface area contributed by atoms with E-state index in [2.05, 4.69) is 40.7 Å². The molecule has 0 aliphatic rings. The summed E-state index contributed by atoms with van der Waals surface area (Å²) >= 11 is 0. The molecule has 2 heteroatoms. The number of hydrogen-bond acceptors (Lipinski definition) is 2. The molecular weight excluding hydrogens is 234 g/mol. The molecular formula is C17H29NO. The lowest BCUT2D eigenvalue weighted by atomic mass is 9.76. The topological polar surface area (TPSA) is 46.2 Å². The van der Waals surface area contributed by atoms with Crippen LogP contribution in [0.1, 0.15) is 57.7 Å². The third-order valence-corrected chi connectivity index (χ3v) is 3.63. The van der Waals surface area contributed by atoms with E-state index in [4.69, 9.17) is 5.73 Å². The molecule has 0 saturated carbocycles. The number of rotatable bonds is 6. The number of benzene rings is 1. The Kier molecular flexibility index (Phi) is 5.57. The fourth-order valence-electron chi connectivity index (χ4n) is 2.98. The van der Waals surface area contributed by atoms with Crippen LogP contribution in [0.15, 0.2) is 24.3 Å². The second kappa shape index (κ2) is 6.53. The zero-order valence-electron chi connectivity index (χ0n) is 13.0. The average Bonchev–Trinajstić information content (AvgIpc) is 2.26. The number of aryl methyl sites for hydroxylation is 1. The molecule has 0 unspecified atom stereocenters. The summed E-state index contributed by atoms with van der Waals surface area (Å²) in [5.74, 6) is 0.859. The molecule has 0 heterocycles. The fraction of sp³-hybridized carbons (Fsp3) is 0.647. The van der Waals surface area contributed by atoms with E-state index in [0.717, 1.165) is 24.0 Å². The van der Waals surface area contributed by atoms with E-state index < -0.39 is 5.60 Å². The smallest absolute Gasteiger partial charge is 0.0844 e. The summed E-state index contributed by atoms with van der Waals surface area (Å²) in [5.41, 5.74) is 7.81. The SMILES string of the molecule is Cc1ccccc1[C@@H](N)C(O)(CC(C)C)CC(C)C. The van der Waals surface area contributed by atoms with E-state index in [9.17, 15) is 5.11 Å². The van der Waals surface area contributed by atoms with Gasteiger partial charge in [0.1, 0.15) is 0 Å². The van der Waals surface area contributed by atoms with E-state index >= 15 is 0 Å². The summed E-state index contributed by atoms with van der Waals surface area (Å²) in [6.45, 7) is 10.6. The zero-order chi connectivity index (χ0) is 14.6. The summed E-state index contributed by atoms with van der Waals surface area (Å²) in [4.78, 5) is 0. The van der Waals surface area contributed by atoms with Crippen molar-refractivity contribution in [2.75, 3.05) is 0 Å². The van der Waals surface area contributed by atoms with Crippen molar-refractivity contribution in [3.05, 3.63) is 35.4 Å². The summed E-state index contributed by atoms with van der Waals surface area (Å²) in [6, 6.07) is 7.77. The van der Waals surface area contributed by atoms with Crippen molar-refractivity contribution >= 4 is 0 Å². The zero-order valence-corrected chi connectivity index (χ0v) is 13.0. The van der Waals surface area contributed by atoms with Gasteiger partial charge in [-0.3, -0.25) is 0 Å². The monoisotopic (exact) mass is 263 g/mol. The van der Waals surface area contributed by atoms with Crippen LogP contribution in [0.4, 0.5) is 0 Å². The van der Waals surface area contributed by atoms with Crippen LogP contribution in [0.3, 0.4) is 0 Å². The number of aliphatic hydroxyl groups is 1. The molecule has 0 aromatic heterocycles. The third-order valence-electron chi connectivity index (χ3n) is 3.63. The van der Waals surface area contributed by atoms with Crippen LogP contribution >= 0.6 is 0 Å². The molecule has 2 nitrogen and oxygen atoms in total. The van der Waals surface area contributed by atoms with Crippen LogP contribution in [0.25, 0.3) is 0 Å². The number of nitrogens with two attached hydrogens (primary N) is 1. The van der Waals surface area contributed by atoms with Gasteiger partial charge in [0.15, 0.2) is 0 Å². The summed E-state index contributed by atoms with van der Waals surface area (Å²) in [6.07, 6.45) is 1.47. The van der Waals surface area contributed by atoms with Crippen molar-refractivity contribution in [2.45, 2.75) is 59.1 Å². The van der Waals surface area contributed by atoms with Gasteiger partial charge in [-0.05, 0) is 42.7 Å². The van der Waals surface area contributed by atoms with Crippen molar-refractivity contribution in [2.24, 2.45) is 17.6 Å². The van der Waals surface area contributed by atoms with Crippen LogP contribution in [0.5, 0.6) is 0 Å². The van der Waals surface area contributed by atoms with Gasteiger partial charge in [0, 0.05) is 0 Å². The van der Waals surface area contributed by atoms with Gasteiger partial charge in [-0.25, -0.2) is 0 Å². The Morgan fingerprint density at radius 2 is 1.53 bits per heavy atom. The van der Waals surface area contributed by atoms with Crippen molar-refractivity contribution in [3.8, 4) is 0 Å². The Balaban J connectivity index is 3.06. The number of hydrogen-bond donors (Lipinski definition) is 2. The first-order chi connectivity index (χ1) is 8.76. The molecule has 0 aliphatic heterocycles. The van der Waals surface area contributed by atoms with Crippen LogP contribution in [0, 0.1) is 18.8 Å². The van der Waals surface area contributed by atoms with Gasteiger partial charge in [0.2, 0.25) is 0 Å². The molecule has 0 bridgehead atoms. The highest BCUT2D eigenvalue weighted by molar-refractivity contribution is 5.30. The Morgan fingerprint density at radius 3 is 1.95 bits per heavy atom. The molecule has 1 rings (SSSR count). The molecule has 0 spiro atoms. The van der Waals surface area contributed by atoms with Crippen molar-refractivity contribution in [1.29, 1.82) is 0 Å². The second-order valence-corrected chi connectivity index (χ2v) is 6.63. The Bertz CT molecular complexity index is 388.